The van der Waals surface area contributed by atoms with Gasteiger partial charge in [0, 0.05) is 56.2 Å². The summed E-state index contributed by atoms with van der Waals surface area (Å²) in [6.45, 7) is 17.0. The zero-order chi connectivity index (χ0) is 34.4. The van der Waals surface area contributed by atoms with Crippen LogP contribution in [0.4, 0.5) is 10.2 Å². The second-order valence-electron chi connectivity index (χ2n) is 14.3. The Kier molecular flexibility index (Phi) is 12.4. The summed E-state index contributed by atoms with van der Waals surface area (Å²) in [6, 6.07) is 7.76. The van der Waals surface area contributed by atoms with Gasteiger partial charge >= 0.3 is 5.97 Å². The number of carboxylic acids is 1. The Labute approximate surface area is 280 Å². The summed E-state index contributed by atoms with van der Waals surface area (Å²) in [6.07, 6.45) is 7.85. The summed E-state index contributed by atoms with van der Waals surface area (Å²) in [5.41, 5.74) is 4.69. The molecule has 1 saturated heterocycles. The molecule has 1 saturated carbocycles. The van der Waals surface area contributed by atoms with Gasteiger partial charge in [0.05, 0.1) is 23.3 Å². The summed E-state index contributed by atoms with van der Waals surface area (Å²) in [7, 11) is 0. The van der Waals surface area contributed by atoms with Crippen LogP contribution in [0.25, 0.3) is 5.65 Å². The first kappa shape index (κ1) is 36.8. The maximum atomic E-state index is 14.3. The van der Waals surface area contributed by atoms with E-state index in [1.165, 1.54) is 5.56 Å². The van der Waals surface area contributed by atoms with Crippen LogP contribution in [0.1, 0.15) is 115 Å². The van der Waals surface area contributed by atoms with E-state index in [1.807, 2.05) is 37.4 Å². The molecule has 0 spiro atoms. The van der Waals surface area contributed by atoms with Gasteiger partial charge in [-0.05, 0) is 103 Å². The van der Waals surface area contributed by atoms with Gasteiger partial charge in [-0.3, -0.25) is 9.69 Å². The van der Waals surface area contributed by atoms with Gasteiger partial charge in [-0.25, -0.2) is 9.37 Å². The van der Waals surface area contributed by atoms with Crippen LogP contribution >= 0.6 is 0 Å². The van der Waals surface area contributed by atoms with Crippen molar-refractivity contribution in [2.75, 3.05) is 24.6 Å². The van der Waals surface area contributed by atoms with Crippen LogP contribution < -0.4 is 4.90 Å². The van der Waals surface area contributed by atoms with E-state index in [9.17, 15) is 14.3 Å². The maximum Gasteiger partial charge on any atom is 0.308 e. The highest BCUT2D eigenvalue weighted by Crippen LogP contribution is 2.34. The average Bonchev–Trinajstić information content (AvgIpc) is 3.77. The third kappa shape index (κ3) is 10.5. The summed E-state index contributed by atoms with van der Waals surface area (Å²) in [5.74, 6) is -0.206. The Hall–Kier alpha value is -3.08. The summed E-state index contributed by atoms with van der Waals surface area (Å²) < 4.78 is 22.5. The van der Waals surface area contributed by atoms with Gasteiger partial charge in [0.15, 0.2) is 5.65 Å². The molecule has 2 aromatic heterocycles. The summed E-state index contributed by atoms with van der Waals surface area (Å²) >= 11 is 0. The number of anilines is 1. The van der Waals surface area contributed by atoms with E-state index in [2.05, 4.69) is 16.7 Å². The fourth-order valence-corrected chi connectivity index (χ4v) is 6.35. The molecule has 10 heteroatoms. The molecular weight excluding hydrogens is 597 g/mol. The molecule has 47 heavy (non-hydrogen) atoms. The van der Waals surface area contributed by atoms with E-state index in [0.717, 1.165) is 105 Å². The van der Waals surface area contributed by atoms with Gasteiger partial charge < -0.3 is 19.8 Å². The van der Waals surface area contributed by atoms with Crippen LogP contribution in [0.2, 0.25) is 0 Å². The normalized spacial score (nSPS) is 19.0. The number of halogens is 1. The number of carbonyl (C=O) groups is 1. The molecule has 5 heterocycles. The highest BCUT2D eigenvalue weighted by atomic mass is 19.1. The lowest BCUT2D eigenvalue weighted by Gasteiger charge is -2.41. The van der Waals surface area contributed by atoms with E-state index < -0.39 is 11.6 Å². The number of aromatic nitrogens is 3. The van der Waals surface area contributed by atoms with Crippen molar-refractivity contribution in [3.8, 4) is 0 Å². The lowest BCUT2D eigenvalue weighted by atomic mass is 9.92. The molecule has 260 valence electrons. The molecule has 3 aromatic rings. The van der Waals surface area contributed by atoms with Gasteiger partial charge in [0.1, 0.15) is 11.6 Å². The van der Waals surface area contributed by atoms with E-state index in [4.69, 9.17) is 19.9 Å². The van der Waals surface area contributed by atoms with E-state index >= 15 is 0 Å². The number of nitrogens with zero attached hydrogens (tertiary/aromatic N) is 5. The molecule has 4 bridgehead atoms. The van der Waals surface area contributed by atoms with Crippen LogP contribution in [-0.4, -0.2) is 72.6 Å². The number of ether oxygens (including phenoxy) is 1. The number of piperidine rings is 1. The average molecular weight is 654 g/mol. The molecule has 2 N–H and O–H groups in total. The van der Waals surface area contributed by atoms with Gasteiger partial charge in [-0.1, -0.05) is 26.3 Å². The van der Waals surface area contributed by atoms with Crippen molar-refractivity contribution in [1.29, 1.82) is 0 Å². The minimum absolute atomic E-state index is 0.0922. The van der Waals surface area contributed by atoms with Gasteiger partial charge in [-0.2, -0.15) is 9.61 Å². The Morgan fingerprint density at radius 2 is 1.74 bits per heavy atom. The second-order valence-corrected chi connectivity index (χ2v) is 14.3. The first-order chi connectivity index (χ1) is 22.3. The van der Waals surface area contributed by atoms with Crippen molar-refractivity contribution in [2.45, 2.75) is 137 Å². The number of hydrogen-bond acceptors (Lipinski definition) is 7. The molecule has 4 aliphatic rings. The molecule has 0 amide bonds. The zero-order valence-electron chi connectivity index (χ0n) is 29.6. The van der Waals surface area contributed by atoms with Gasteiger partial charge in [0.2, 0.25) is 0 Å². The molecule has 1 aliphatic carbocycles. The molecule has 3 aliphatic heterocycles. The summed E-state index contributed by atoms with van der Waals surface area (Å²) in [4.78, 5) is 21.4. The maximum absolute atomic E-state index is 14.3. The first-order valence-electron chi connectivity index (χ1n) is 17.5. The van der Waals surface area contributed by atoms with Crippen molar-refractivity contribution in [2.24, 2.45) is 0 Å². The van der Waals surface area contributed by atoms with Crippen molar-refractivity contribution >= 4 is 17.4 Å². The third-order valence-electron chi connectivity index (χ3n) is 8.89. The van der Waals surface area contributed by atoms with Crippen LogP contribution in [-0.2, 0) is 35.5 Å². The number of aryl methyl sites for hydroxylation is 2. The number of aliphatic carboxylic acids is 1. The number of hydrogen-bond donors (Lipinski definition) is 2. The first-order valence-corrected chi connectivity index (χ1v) is 17.5. The fourth-order valence-electron chi connectivity index (χ4n) is 6.35. The number of benzene rings is 1. The quantitative estimate of drug-likeness (QED) is 0.316. The number of rotatable bonds is 3. The van der Waals surface area contributed by atoms with Crippen LogP contribution in [0.15, 0.2) is 24.3 Å². The molecule has 0 unspecified atom stereocenters. The Morgan fingerprint density at radius 3 is 2.38 bits per heavy atom. The van der Waals surface area contributed by atoms with E-state index in [-0.39, 0.29) is 17.8 Å². The predicted octanol–water partition coefficient (Wildman–Crippen LogP) is 6.87. The van der Waals surface area contributed by atoms with E-state index in [0.29, 0.717) is 19.2 Å². The largest absolute Gasteiger partial charge is 0.481 e. The molecule has 7 rings (SSSR count). The van der Waals surface area contributed by atoms with E-state index in [1.54, 1.807) is 32.9 Å². The molecular formula is C37H56FN5O4. The molecule has 9 nitrogen and oxygen atoms in total. The Morgan fingerprint density at radius 1 is 1.06 bits per heavy atom. The molecule has 0 radical (unpaired) electrons. The van der Waals surface area contributed by atoms with Crippen molar-refractivity contribution in [3.05, 3.63) is 58.2 Å². The lowest BCUT2D eigenvalue weighted by Crippen LogP contribution is -2.45. The number of carboxylic acid groups (broad SMARTS) is 1. The fraction of sp³-hybridized carbons (Fsp3) is 0.649. The topological polar surface area (TPSA) is 103 Å². The predicted molar refractivity (Wildman–Crippen MR) is 184 cm³/mol. The Bertz CT molecular complexity index is 1480. The van der Waals surface area contributed by atoms with Crippen molar-refractivity contribution in [3.63, 3.8) is 0 Å². The minimum atomic E-state index is -0.872. The highest BCUT2D eigenvalue weighted by molar-refractivity contribution is 5.74. The van der Waals surface area contributed by atoms with Gasteiger partial charge in [0.25, 0.3) is 0 Å². The third-order valence-corrected chi connectivity index (χ3v) is 8.89. The van der Waals surface area contributed by atoms with Gasteiger partial charge in [-0.15, -0.1) is 0 Å². The van der Waals surface area contributed by atoms with Crippen LogP contribution in [0, 0.1) is 12.7 Å². The molecule has 1 aromatic carbocycles. The monoisotopic (exact) mass is 653 g/mol. The summed E-state index contributed by atoms with van der Waals surface area (Å²) in [5, 5.41) is 23.3. The highest BCUT2D eigenvalue weighted by Gasteiger charge is 2.34. The Balaban J connectivity index is 0.000000655. The second kappa shape index (κ2) is 15.9. The number of fused-ring (bicyclic) bond motifs is 9. The zero-order valence-corrected chi connectivity index (χ0v) is 29.6. The SMILES string of the molecule is CC.CC(C)(C)O.Cc1nc2cc3nn2c(c1CC(=O)O)N1CCC(C)(CC1)OCCCCCc1cc(F)ccc1CN(C1CC1)C3. The van der Waals surface area contributed by atoms with Crippen LogP contribution in [0.5, 0.6) is 0 Å². The standard InChI is InChI=1S/C31H40FN5O3.C4H10O.C2H6/c1-21-27(18-29(38)39)30-35-13-11-31(2,12-14-35)40-15-5-3-4-6-22-16-24(32)8-7-23(22)19-36(26-9-10-26)20-25-17-28(33-21)37(30)34-25;1-4(2,3)5;1-2/h7-8,16-17,26H,3-6,9-15,18-20H2,1-2H3,(H,38,39);5H,1-3H3;1-2H3. The molecule has 2 fully saturated rings. The smallest absolute Gasteiger partial charge is 0.308 e. The van der Waals surface area contributed by atoms with Crippen molar-refractivity contribution in [1.82, 2.24) is 19.5 Å². The molecule has 0 atom stereocenters. The van der Waals surface area contributed by atoms with Crippen molar-refractivity contribution < 1.29 is 24.1 Å². The number of aliphatic hydroxyl groups is 1. The minimum Gasteiger partial charge on any atom is -0.481 e. The van der Waals surface area contributed by atoms with Crippen LogP contribution in [0.3, 0.4) is 0 Å². The lowest BCUT2D eigenvalue weighted by molar-refractivity contribution is -0.136.